The number of amides is 2. The average Bonchev–Trinajstić information content (AvgIpc) is 3.26. The number of hydrogen-bond acceptors (Lipinski definition) is 3. The Hall–Kier alpha value is -3.09. The number of carbonyl (C=O) groups excluding carboxylic acids is 2. The standard InChI is InChI=1S/C20H23N5O2/c1-13-10-17(23-22-13)14-6-8-24(9-7-14)19(26)12-25-11-16(20(21)27)15-4-2-3-5-18(15)25/h2-5,10-11,14H,6-9,12H2,1H3,(H2,21,27)(H,22,23). The highest BCUT2D eigenvalue weighted by Gasteiger charge is 2.25. The zero-order valence-corrected chi connectivity index (χ0v) is 15.3. The van der Waals surface area contributed by atoms with Crippen molar-refractivity contribution >= 4 is 22.7 Å². The monoisotopic (exact) mass is 365 g/mol. The van der Waals surface area contributed by atoms with Crippen LogP contribution in [0.1, 0.15) is 40.5 Å². The number of hydrogen-bond donors (Lipinski definition) is 2. The molecule has 0 unspecified atom stereocenters. The van der Waals surface area contributed by atoms with Gasteiger partial charge in [0.15, 0.2) is 0 Å². The summed E-state index contributed by atoms with van der Waals surface area (Å²) in [6, 6.07) is 9.60. The zero-order chi connectivity index (χ0) is 19.0. The van der Waals surface area contributed by atoms with E-state index in [0.29, 0.717) is 11.5 Å². The Kier molecular flexibility index (Phi) is 4.43. The Balaban J connectivity index is 1.46. The summed E-state index contributed by atoms with van der Waals surface area (Å²) in [4.78, 5) is 26.4. The van der Waals surface area contributed by atoms with Gasteiger partial charge in [0.25, 0.3) is 5.91 Å². The van der Waals surface area contributed by atoms with Gasteiger partial charge in [0.2, 0.25) is 5.91 Å². The maximum atomic E-state index is 12.8. The lowest BCUT2D eigenvalue weighted by atomic mass is 9.93. The number of piperidine rings is 1. The number of aromatic nitrogens is 3. The third-order valence-electron chi connectivity index (χ3n) is 5.35. The van der Waals surface area contributed by atoms with Crippen molar-refractivity contribution in [1.82, 2.24) is 19.7 Å². The number of primary amides is 1. The van der Waals surface area contributed by atoms with Crippen LogP contribution in [-0.2, 0) is 11.3 Å². The molecule has 7 nitrogen and oxygen atoms in total. The van der Waals surface area contributed by atoms with Crippen molar-refractivity contribution < 1.29 is 9.59 Å². The van der Waals surface area contributed by atoms with Gasteiger partial charge in [-0.3, -0.25) is 14.7 Å². The van der Waals surface area contributed by atoms with Crippen molar-refractivity contribution in [3.05, 3.63) is 53.5 Å². The molecule has 3 aromatic rings. The molecule has 4 rings (SSSR count). The first-order chi connectivity index (χ1) is 13.0. The molecule has 0 saturated carbocycles. The number of aromatic amines is 1. The first-order valence-electron chi connectivity index (χ1n) is 9.20. The normalized spacial score (nSPS) is 15.4. The lowest BCUT2D eigenvalue weighted by Crippen LogP contribution is -2.39. The third-order valence-corrected chi connectivity index (χ3v) is 5.35. The molecule has 0 spiro atoms. The summed E-state index contributed by atoms with van der Waals surface area (Å²) >= 11 is 0. The molecule has 1 aromatic carbocycles. The van der Waals surface area contributed by atoms with Crippen LogP contribution in [0.5, 0.6) is 0 Å². The van der Waals surface area contributed by atoms with Gasteiger partial charge >= 0.3 is 0 Å². The summed E-state index contributed by atoms with van der Waals surface area (Å²) in [5.41, 5.74) is 8.93. The maximum Gasteiger partial charge on any atom is 0.250 e. The molecular formula is C20H23N5O2. The van der Waals surface area contributed by atoms with Crippen molar-refractivity contribution in [2.24, 2.45) is 5.73 Å². The van der Waals surface area contributed by atoms with E-state index in [1.165, 1.54) is 0 Å². The molecule has 0 radical (unpaired) electrons. The molecule has 3 heterocycles. The predicted octanol–water partition coefficient (Wildman–Crippen LogP) is 2.18. The maximum absolute atomic E-state index is 12.8. The highest BCUT2D eigenvalue weighted by molar-refractivity contribution is 6.06. The summed E-state index contributed by atoms with van der Waals surface area (Å²) in [6.45, 7) is 3.64. The largest absolute Gasteiger partial charge is 0.366 e. The van der Waals surface area contributed by atoms with E-state index in [0.717, 1.165) is 48.2 Å². The molecule has 140 valence electrons. The molecule has 27 heavy (non-hydrogen) atoms. The number of fused-ring (bicyclic) bond motifs is 1. The molecule has 1 aliphatic rings. The van der Waals surface area contributed by atoms with E-state index in [-0.39, 0.29) is 12.5 Å². The number of nitrogens with zero attached hydrogens (tertiary/aromatic N) is 3. The van der Waals surface area contributed by atoms with Gasteiger partial charge < -0.3 is 15.2 Å². The summed E-state index contributed by atoms with van der Waals surface area (Å²) in [7, 11) is 0. The number of para-hydroxylation sites is 1. The van der Waals surface area contributed by atoms with E-state index >= 15 is 0 Å². The minimum absolute atomic E-state index is 0.0587. The minimum atomic E-state index is -0.479. The van der Waals surface area contributed by atoms with Crippen molar-refractivity contribution in [1.29, 1.82) is 0 Å². The van der Waals surface area contributed by atoms with E-state index in [2.05, 4.69) is 16.3 Å². The van der Waals surface area contributed by atoms with Crippen LogP contribution in [-0.4, -0.2) is 44.6 Å². The van der Waals surface area contributed by atoms with Crippen molar-refractivity contribution in [3.8, 4) is 0 Å². The number of H-pyrrole nitrogens is 1. The van der Waals surface area contributed by atoms with Crippen LogP contribution in [0.25, 0.3) is 10.9 Å². The number of aryl methyl sites for hydroxylation is 1. The Bertz CT molecular complexity index is 995. The van der Waals surface area contributed by atoms with Crippen molar-refractivity contribution in [3.63, 3.8) is 0 Å². The molecular weight excluding hydrogens is 342 g/mol. The van der Waals surface area contributed by atoms with E-state index in [9.17, 15) is 9.59 Å². The summed E-state index contributed by atoms with van der Waals surface area (Å²) in [5, 5.41) is 8.13. The van der Waals surface area contributed by atoms with Crippen LogP contribution in [0.2, 0.25) is 0 Å². The molecule has 2 aromatic heterocycles. The van der Waals surface area contributed by atoms with Crippen LogP contribution in [0, 0.1) is 6.92 Å². The van der Waals surface area contributed by atoms with Crippen LogP contribution < -0.4 is 5.73 Å². The second-order valence-electron chi connectivity index (χ2n) is 7.18. The van der Waals surface area contributed by atoms with Crippen molar-refractivity contribution in [2.45, 2.75) is 32.2 Å². The van der Waals surface area contributed by atoms with Crippen LogP contribution in [0.4, 0.5) is 0 Å². The fraction of sp³-hybridized carbons (Fsp3) is 0.350. The molecule has 1 fully saturated rings. The van der Waals surface area contributed by atoms with Gasteiger partial charge in [-0.2, -0.15) is 5.10 Å². The molecule has 1 saturated heterocycles. The zero-order valence-electron chi connectivity index (χ0n) is 15.3. The fourth-order valence-electron chi connectivity index (χ4n) is 3.89. The lowest BCUT2D eigenvalue weighted by molar-refractivity contribution is -0.132. The van der Waals surface area contributed by atoms with Gasteiger partial charge in [-0.05, 0) is 31.9 Å². The lowest BCUT2D eigenvalue weighted by Gasteiger charge is -2.31. The van der Waals surface area contributed by atoms with Crippen LogP contribution in [0.3, 0.4) is 0 Å². The number of carbonyl (C=O) groups is 2. The molecule has 7 heteroatoms. The Morgan fingerprint density at radius 2 is 2.00 bits per heavy atom. The second kappa shape index (κ2) is 6.90. The quantitative estimate of drug-likeness (QED) is 0.741. The predicted molar refractivity (Wildman–Crippen MR) is 102 cm³/mol. The highest BCUT2D eigenvalue weighted by Crippen LogP contribution is 2.27. The number of nitrogens with two attached hydrogens (primary N) is 1. The Morgan fingerprint density at radius 1 is 1.26 bits per heavy atom. The summed E-state index contributed by atoms with van der Waals surface area (Å²) in [6.07, 6.45) is 3.51. The van der Waals surface area contributed by atoms with E-state index in [1.54, 1.807) is 6.20 Å². The van der Waals surface area contributed by atoms with Crippen LogP contribution in [0.15, 0.2) is 36.5 Å². The average molecular weight is 365 g/mol. The minimum Gasteiger partial charge on any atom is -0.366 e. The molecule has 0 atom stereocenters. The van der Waals surface area contributed by atoms with Gasteiger partial charge in [0, 0.05) is 41.8 Å². The first-order valence-corrected chi connectivity index (χ1v) is 9.20. The molecule has 2 amide bonds. The van der Waals surface area contributed by atoms with E-state index in [4.69, 9.17) is 5.73 Å². The van der Waals surface area contributed by atoms with E-state index in [1.807, 2.05) is 40.7 Å². The number of nitrogens with one attached hydrogen (secondary N) is 1. The molecule has 3 N–H and O–H groups in total. The van der Waals surface area contributed by atoms with Crippen LogP contribution >= 0.6 is 0 Å². The van der Waals surface area contributed by atoms with Gasteiger partial charge in [-0.1, -0.05) is 18.2 Å². The Labute approximate surface area is 157 Å². The summed E-state index contributed by atoms with van der Waals surface area (Å²) in [5.74, 6) is -0.0242. The summed E-state index contributed by atoms with van der Waals surface area (Å²) < 4.78 is 1.82. The third kappa shape index (κ3) is 3.32. The van der Waals surface area contributed by atoms with Gasteiger partial charge in [-0.15, -0.1) is 0 Å². The van der Waals surface area contributed by atoms with Gasteiger partial charge in [-0.25, -0.2) is 0 Å². The number of benzene rings is 1. The molecule has 0 aliphatic carbocycles. The highest BCUT2D eigenvalue weighted by atomic mass is 16.2. The van der Waals surface area contributed by atoms with E-state index < -0.39 is 5.91 Å². The topological polar surface area (TPSA) is 97.0 Å². The molecule has 0 bridgehead atoms. The first kappa shape index (κ1) is 17.3. The second-order valence-corrected chi connectivity index (χ2v) is 7.18. The molecule has 1 aliphatic heterocycles. The van der Waals surface area contributed by atoms with Gasteiger partial charge in [0.05, 0.1) is 11.3 Å². The fourth-order valence-corrected chi connectivity index (χ4v) is 3.89. The Morgan fingerprint density at radius 3 is 2.67 bits per heavy atom. The van der Waals surface area contributed by atoms with Gasteiger partial charge in [0.1, 0.15) is 6.54 Å². The number of likely N-dealkylation sites (tertiary alicyclic amines) is 1. The SMILES string of the molecule is Cc1cc(C2CCN(C(=O)Cn3cc(C(N)=O)c4ccccc43)CC2)n[nH]1. The van der Waals surface area contributed by atoms with Crippen molar-refractivity contribution in [2.75, 3.05) is 13.1 Å². The smallest absolute Gasteiger partial charge is 0.250 e. The number of rotatable bonds is 4.